The summed E-state index contributed by atoms with van der Waals surface area (Å²) in [5.74, 6) is -2.45. The fraction of sp³-hybridized carbons (Fsp3) is 0.353. The minimum atomic E-state index is -1.85. The molecule has 2 aliphatic rings. The van der Waals surface area contributed by atoms with Crippen molar-refractivity contribution in [1.82, 2.24) is 0 Å². The number of benzene rings is 1. The molecular weight excluding hydrogens is 314 g/mol. The maximum Gasteiger partial charge on any atom is 0.376 e. The Morgan fingerprint density at radius 3 is 2.58 bits per heavy atom. The van der Waals surface area contributed by atoms with Crippen LogP contribution in [0, 0.1) is 0 Å². The van der Waals surface area contributed by atoms with Crippen LogP contribution in [-0.4, -0.2) is 38.1 Å². The van der Waals surface area contributed by atoms with Gasteiger partial charge >= 0.3 is 11.9 Å². The molecule has 0 bridgehead atoms. The van der Waals surface area contributed by atoms with Crippen LogP contribution in [0.25, 0.3) is 0 Å². The lowest BCUT2D eigenvalue weighted by Crippen LogP contribution is -2.43. The highest BCUT2D eigenvalue weighted by atomic mass is 16.6. The summed E-state index contributed by atoms with van der Waals surface area (Å²) in [6.45, 7) is 3.55. The van der Waals surface area contributed by atoms with Gasteiger partial charge in [-0.1, -0.05) is 18.2 Å². The van der Waals surface area contributed by atoms with Crippen molar-refractivity contribution >= 4 is 23.5 Å². The van der Waals surface area contributed by atoms with Crippen molar-refractivity contribution in [2.24, 2.45) is 0 Å². The maximum absolute atomic E-state index is 13.0. The molecule has 2 heterocycles. The SMILES string of the molecule is CCOC(=O)C1=C(OCC)C(=O)OC12C(=O)N(C)c1ccccc12. The van der Waals surface area contributed by atoms with Crippen LogP contribution in [0.1, 0.15) is 19.4 Å². The molecule has 1 atom stereocenters. The Kier molecular flexibility index (Phi) is 3.79. The standard InChI is InChI=1S/C17H17NO6/c1-4-22-13-12(14(19)23-5-2)17(24-15(13)20)10-8-6-7-9-11(10)18(3)16(17)21/h6-9H,4-5H2,1-3H3. The van der Waals surface area contributed by atoms with Crippen molar-refractivity contribution < 1.29 is 28.6 Å². The van der Waals surface area contributed by atoms with Crippen LogP contribution in [0.5, 0.6) is 0 Å². The van der Waals surface area contributed by atoms with Gasteiger partial charge in [-0.2, -0.15) is 0 Å². The molecule has 24 heavy (non-hydrogen) atoms. The zero-order valence-corrected chi connectivity index (χ0v) is 13.6. The third-order valence-electron chi connectivity index (χ3n) is 4.03. The average molecular weight is 331 g/mol. The summed E-state index contributed by atoms with van der Waals surface area (Å²) in [4.78, 5) is 39.2. The summed E-state index contributed by atoms with van der Waals surface area (Å²) >= 11 is 0. The number of para-hydroxylation sites is 1. The third-order valence-corrected chi connectivity index (χ3v) is 4.03. The highest BCUT2D eigenvalue weighted by Crippen LogP contribution is 2.51. The Morgan fingerprint density at radius 1 is 1.21 bits per heavy atom. The van der Waals surface area contributed by atoms with Gasteiger partial charge in [0.1, 0.15) is 5.57 Å². The molecule has 126 valence electrons. The summed E-state index contributed by atoms with van der Waals surface area (Å²) in [7, 11) is 1.56. The lowest BCUT2D eigenvalue weighted by atomic mass is 9.87. The van der Waals surface area contributed by atoms with Crippen LogP contribution in [0.15, 0.2) is 35.6 Å². The van der Waals surface area contributed by atoms with Gasteiger partial charge in [-0.25, -0.2) is 9.59 Å². The monoisotopic (exact) mass is 331 g/mol. The molecule has 0 saturated carbocycles. The Balaban J connectivity index is 2.28. The van der Waals surface area contributed by atoms with Crippen LogP contribution in [0.3, 0.4) is 0 Å². The Bertz CT molecular complexity index is 768. The van der Waals surface area contributed by atoms with Gasteiger partial charge in [0.15, 0.2) is 0 Å². The molecule has 0 saturated heterocycles. The molecule has 7 heteroatoms. The van der Waals surface area contributed by atoms with E-state index in [4.69, 9.17) is 14.2 Å². The first-order chi connectivity index (χ1) is 11.5. The van der Waals surface area contributed by atoms with Gasteiger partial charge in [0.05, 0.1) is 18.9 Å². The van der Waals surface area contributed by atoms with E-state index in [0.29, 0.717) is 11.3 Å². The van der Waals surface area contributed by atoms with Gasteiger partial charge < -0.3 is 19.1 Å². The summed E-state index contributed by atoms with van der Waals surface area (Å²) in [6.07, 6.45) is 0. The Hall–Kier alpha value is -2.83. The van der Waals surface area contributed by atoms with Gasteiger partial charge in [-0.15, -0.1) is 0 Å². The number of carbonyl (C=O) groups excluding carboxylic acids is 3. The molecule has 1 spiro atoms. The molecule has 7 nitrogen and oxygen atoms in total. The number of carbonyl (C=O) groups is 3. The zero-order valence-electron chi connectivity index (χ0n) is 13.6. The number of rotatable bonds is 4. The quantitative estimate of drug-likeness (QED) is 0.773. The number of likely N-dealkylation sites (N-methyl/N-ethyl adjacent to an activating group) is 1. The Morgan fingerprint density at radius 2 is 1.92 bits per heavy atom. The van der Waals surface area contributed by atoms with E-state index in [0.717, 1.165) is 0 Å². The van der Waals surface area contributed by atoms with Gasteiger partial charge in [0.25, 0.3) is 11.5 Å². The molecule has 1 aromatic rings. The molecule has 0 radical (unpaired) electrons. The number of hydrogen-bond donors (Lipinski definition) is 0. The highest BCUT2D eigenvalue weighted by molar-refractivity contribution is 6.19. The van der Waals surface area contributed by atoms with E-state index >= 15 is 0 Å². The van der Waals surface area contributed by atoms with Crippen LogP contribution in [0.2, 0.25) is 0 Å². The molecule has 0 N–H and O–H groups in total. The van der Waals surface area contributed by atoms with Crippen LogP contribution in [-0.2, 0) is 34.2 Å². The zero-order chi connectivity index (χ0) is 17.5. The lowest BCUT2D eigenvalue weighted by molar-refractivity contribution is -0.159. The summed E-state index contributed by atoms with van der Waals surface area (Å²) in [6, 6.07) is 6.84. The molecule has 0 fully saturated rings. The van der Waals surface area contributed by atoms with E-state index in [1.54, 1.807) is 45.2 Å². The van der Waals surface area contributed by atoms with E-state index in [9.17, 15) is 14.4 Å². The van der Waals surface area contributed by atoms with Crippen molar-refractivity contribution in [3.8, 4) is 0 Å². The number of anilines is 1. The molecule has 3 rings (SSSR count). The van der Waals surface area contributed by atoms with E-state index < -0.39 is 23.4 Å². The van der Waals surface area contributed by atoms with Gasteiger partial charge in [-0.3, -0.25) is 4.79 Å². The molecular formula is C17H17NO6. The van der Waals surface area contributed by atoms with Crippen molar-refractivity contribution in [3.63, 3.8) is 0 Å². The minimum absolute atomic E-state index is 0.0949. The summed E-state index contributed by atoms with van der Waals surface area (Å²) in [5.41, 5.74) is -1.06. The van der Waals surface area contributed by atoms with Crippen molar-refractivity contribution in [2.75, 3.05) is 25.2 Å². The van der Waals surface area contributed by atoms with Gasteiger partial charge in [0.2, 0.25) is 5.76 Å². The van der Waals surface area contributed by atoms with Crippen LogP contribution < -0.4 is 4.90 Å². The summed E-state index contributed by atoms with van der Waals surface area (Å²) in [5, 5.41) is 0. The predicted octanol–water partition coefficient (Wildman–Crippen LogP) is 1.27. The van der Waals surface area contributed by atoms with E-state index in [1.807, 2.05) is 0 Å². The average Bonchev–Trinajstić information content (AvgIpc) is 2.97. The number of esters is 2. The normalized spacial score (nSPS) is 22.0. The van der Waals surface area contributed by atoms with E-state index in [1.165, 1.54) is 4.90 Å². The fourth-order valence-corrected chi connectivity index (χ4v) is 3.08. The molecule has 1 unspecified atom stereocenters. The van der Waals surface area contributed by atoms with Gasteiger partial charge in [-0.05, 0) is 19.9 Å². The number of fused-ring (bicyclic) bond motifs is 2. The second-order valence-corrected chi connectivity index (χ2v) is 5.31. The molecule has 0 aliphatic carbocycles. The number of hydrogen-bond acceptors (Lipinski definition) is 6. The third kappa shape index (κ3) is 1.94. The number of nitrogens with zero attached hydrogens (tertiary/aromatic N) is 1. The first-order valence-corrected chi connectivity index (χ1v) is 7.64. The first-order valence-electron chi connectivity index (χ1n) is 7.64. The fourth-order valence-electron chi connectivity index (χ4n) is 3.08. The van der Waals surface area contributed by atoms with Crippen molar-refractivity contribution in [2.45, 2.75) is 19.4 Å². The number of ether oxygens (including phenoxy) is 3. The maximum atomic E-state index is 13.0. The molecule has 1 aromatic carbocycles. The van der Waals surface area contributed by atoms with Crippen LogP contribution in [0.4, 0.5) is 5.69 Å². The number of amides is 1. The highest BCUT2D eigenvalue weighted by Gasteiger charge is 2.64. The summed E-state index contributed by atoms with van der Waals surface area (Å²) < 4.78 is 15.8. The largest absolute Gasteiger partial charge is 0.486 e. The van der Waals surface area contributed by atoms with E-state index in [2.05, 4.69) is 0 Å². The van der Waals surface area contributed by atoms with Gasteiger partial charge in [0, 0.05) is 12.6 Å². The predicted molar refractivity (Wildman–Crippen MR) is 82.9 cm³/mol. The molecule has 1 amide bonds. The first kappa shape index (κ1) is 16.0. The second kappa shape index (κ2) is 5.67. The van der Waals surface area contributed by atoms with Crippen molar-refractivity contribution in [1.29, 1.82) is 0 Å². The molecule has 2 aliphatic heterocycles. The van der Waals surface area contributed by atoms with Crippen LogP contribution >= 0.6 is 0 Å². The van der Waals surface area contributed by atoms with E-state index in [-0.39, 0.29) is 24.5 Å². The minimum Gasteiger partial charge on any atom is -0.486 e. The Labute approximate surface area is 138 Å². The topological polar surface area (TPSA) is 82.1 Å². The lowest BCUT2D eigenvalue weighted by Gasteiger charge is -2.23. The molecule has 0 aromatic heterocycles. The van der Waals surface area contributed by atoms with Crippen molar-refractivity contribution in [3.05, 3.63) is 41.2 Å². The second-order valence-electron chi connectivity index (χ2n) is 5.31. The smallest absolute Gasteiger partial charge is 0.376 e.